The molecule has 0 amide bonds. The molecular weight excluding hydrogens is 761 g/mol. The van der Waals surface area contributed by atoms with Crippen molar-refractivity contribution in [2.45, 2.75) is 123 Å². The smallest absolute Gasteiger partial charge is 0.333 e. The molecule has 0 aliphatic heterocycles. The first-order valence-electron chi connectivity index (χ1n) is 21.7. The van der Waals surface area contributed by atoms with Crippen LogP contribution in [0.25, 0.3) is 10.8 Å². The Morgan fingerprint density at radius 3 is 1.58 bits per heavy atom. The minimum Gasteiger partial charge on any atom is -0.489 e. The van der Waals surface area contributed by atoms with Crippen LogP contribution in [0.5, 0.6) is 11.5 Å². The summed E-state index contributed by atoms with van der Waals surface area (Å²) < 4.78 is 37.6. The van der Waals surface area contributed by atoms with E-state index in [-0.39, 0.29) is 26.4 Å². The van der Waals surface area contributed by atoms with E-state index in [2.05, 4.69) is 59.1 Å². The maximum atomic E-state index is 12.8. The Balaban J connectivity index is 1.65. The zero-order chi connectivity index (χ0) is 42.6. The van der Waals surface area contributed by atoms with Crippen LogP contribution < -0.4 is 9.47 Å². The molecule has 4 rings (SSSR count). The van der Waals surface area contributed by atoms with Gasteiger partial charge in [-0.25, -0.2) is 9.59 Å². The number of fused-ring (bicyclic) bond motifs is 2. The molecule has 59 heavy (non-hydrogen) atoms. The van der Waals surface area contributed by atoms with Crippen LogP contribution in [0.3, 0.4) is 0 Å². The summed E-state index contributed by atoms with van der Waals surface area (Å²) in [4.78, 5) is 28.0. The number of hydrogen-bond acceptors (Lipinski definition) is 9. The maximum Gasteiger partial charge on any atom is 0.333 e. The number of carbonyl (C=O) groups is 2. The Morgan fingerprint density at radius 1 is 0.644 bits per heavy atom. The van der Waals surface area contributed by atoms with Gasteiger partial charge in [-0.1, -0.05) is 140 Å². The molecule has 0 spiro atoms. The predicted octanol–water partition coefficient (Wildman–Crippen LogP) is 11.8. The number of benzene rings is 3. The topological polar surface area (TPSA) is 89.5 Å². The van der Waals surface area contributed by atoms with Crippen molar-refractivity contribution < 1.29 is 38.0 Å². The molecule has 0 saturated carbocycles. The van der Waals surface area contributed by atoms with Crippen molar-refractivity contribution in [1.29, 1.82) is 0 Å². The van der Waals surface area contributed by atoms with E-state index < -0.39 is 24.1 Å². The van der Waals surface area contributed by atoms with E-state index in [1.165, 1.54) is 17.7 Å². The van der Waals surface area contributed by atoms with Gasteiger partial charge in [-0.15, -0.1) is 0 Å². The van der Waals surface area contributed by atoms with Gasteiger partial charge in [0.1, 0.15) is 24.7 Å². The second kappa shape index (κ2) is 25.5. The van der Waals surface area contributed by atoms with E-state index in [4.69, 9.17) is 28.4 Å². The number of allylic oxidation sites excluding steroid dienone is 2. The first-order valence-corrected chi connectivity index (χ1v) is 22.5. The van der Waals surface area contributed by atoms with E-state index in [9.17, 15) is 9.59 Å². The van der Waals surface area contributed by atoms with E-state index in [1.54, 1.807) is 25.6 Å². The molecule has 3 aromatic rings. The van der Waals surface area contributed by atoms with Gasteiger partial charge >= 0.3 is 11.9 Å². The Hall–Kier alpha value is -4.05. The summed E-state index contributed by atoms with van der Waals surface area (Å²) in [7, 11) is 0. The molecule has 3 aromatic carbocycles. The largest absolute Gasteiger partial charge is 0.489 e. The summed E-state index contributed by atoms with van der Waals surface area (Å²) in [5.74, 6) is 1.70. The molecule has 8 nitrogen and oxygen atoms in total. The number of rotatable bonds is 28. The third-order valence-corrected chi connectivity index (χ3v) is 11.9. The lowest BCUT2D eigenvalue weighted by molar-refractivity contribution is -0.150. The summed E-state index contributed by atoms with van der Waals surface area (Å²) in [5.41, 5.74) is 2.64. The van der Waals surface area contributed by atoms with Gasteiger partial charge in [-0.3, -0.25) is 0 Å². The van der Waals surface area contributed by atoms with Gasteiger partial charge in [-0.05, 0) is 62.0 Å². The Kier molecular flexibility index (Phi) is 20.6. The van der Waals surface area contributed by atoms with E-state index in [1.807, 2.05) is 42.5 Å². The molecule has 0 saturated heterocycles. The van der Waals surface area contributed by atoms with E-state index >= 15 is 0 Å². The first-order chi connectivity index (χ1) is 28.6. The van der Waals surface area contributed by atoms with Crippen LogP contribution in [-0.4, -0.2) is 63.8 Å². The van der Waals surface area contributed by atoms with E-state index in [0.717, 1.165) is 76.8 Å². The van der Waals surface area contributed by atoms with Crippen LogP contribution in [-0.2, 0) is 41.4 Å². The van der Waals surface area contributed by atoms with Crippen molar-refractivity contribution in [3.8, 4) is 11.5 Å². The third kappa shape index (κ3) is 15.2. The zero-order valence-corrected chi connectivity index (χ0v) is 37.3. The van der Waals surface area contributed by atoms with Gasteiger partial charge in [-0.2, -0.15) is 0 Å². The summed E-state index contributed by atoms with van der Waals surface area (Å²) in [6, 6.07) is 18.4. The lowest BCUT2D eigenvalue weighted by atomic mass is 9.90. The summed E-state index contributed by atoms with van der Waals surface area (Å²) in [6.45, 7) is 21.5. The van der Waals surface area contributed by atoms with Crippen molar-refractivity contribution in [3.05, 3.63) is 101 Å². The number of ether oxygens (including phenoxy) is 6. The van der Waals surface area contributed by atoms with Crippen LogP contribution >= 0.6 is 11.8 Å². The molecule has 4 atom stereocenters. The molecule has 0 N–H and O–H groups in total. The SMILES string of the molecule is C=C(C)C(=O)OC(COCCC(CC)CCC)COc1c2c(c(OCC(COCCC(CC)CCC)OC(=O)C(=C)C)c3ccccc13)CC(Sc1ccccc1)=CC2. The average molecular weight is 829 g/mol. The van der Waals surface area contributed by atoms with E-state index in [0.29, 0.717) is 49.0 Å². The van der Waals surface area contributed by atoms with Crippen molar-refractivity contribution in [2.24, 2.45) is 11.8 Å². The van der Waals surface area contributed by atoms with Crippen LogP contribution in [0.4, 0.5) is 0 Å². The highest BCUT2D eigenvalue weighted by molar-refractivity contribution is 8.03. The second-order valence-electron chi connectivity index (χ2n) is 15.7. The van der Waals surface area contributed by atoms with Crippen molar-refractivity contribution in [2.75, 3.05) is 39.6 Å². The number of hydrogen-bond donors (Lipinski definition) is 0. The van der Waals surface area contributed by atoms with Crippen LogP contribution in [0.15, 0.2) is 94.8 Å². The minimum absolute atomic E-state index is 0.0973. The summed E-state index contributed by atoms with van der Waals surface area (Å²) in [6.07, 6.45) is 10.9. The number of esters is 2. The fourth-order valence-electron chi connectivity index (χ4n) is 7.33. The van der Waals surface area contributed by atoms with Crippen LogP contribution in [0, 0.1) is 11.8 Å². The van der Waals surface area contributed by atoms with Gasteiger partial charge in [0.15, 0.2) is 12.2 Å². The molecule has 0 heterocycles. The van der Waals surface area contributed by atoms with Gasteiger partial charge in [0.05, 0.1) is 13.2 Å². The van der Waals surface area contributed by atoms with Crippen LogP contribution in [0.1, 0.15) is 104 Å². The molecule has 4 unspecified atom stereocenters. The molecule has 0 fully saturated rings. The Bertz CT molecular complexity index is 1840. The molecule has 1 aliphatic carbocycles. The summed E-state index contributed by atoms with van der Waals surface area (Å²) >= 11 is 1.73. The molecule has 0 aromatic heterocycles. The van der Waals surface area contributed by atoms with Gasteiger partial charge in [0, 0.05) is 57.6 Å². The van der Waals surface area contributed by atoms with Crippen molar-refractivity contribution in [1.82, 2.24) is 0 Å². The van der Waals surface area contributed by atoms with Crippen molar-refractivity contribution in [3.63, 3.8) is 0 Å². The highest BCUT2D eigenvalue weighted by Gasteiger charge is 2.28. The normalized spacial score (nSPS) is 14.4. The predicted molar refractivity (Wildman–Crippen MR) is 240 cm³/mol. The molecule has 9 heteroatoms. The van der Waals surface area contributed by atoms with Gasteiger partial charge in [0.2, 0.25) is 0 Å². The fourth-order valence-corrected chi connectivity index (χ4v) is 8.31. The Morgan fingerprint density at radius 2 is 1.12 bits per heavy atom. The highest BCUT2D eigenvalue weighted by atomic mass is 32.2. The molecule has 0 radical (unpaired) electrons. The third-order valence-electron chi connectivity index (χ3n) is 10.8. The van der Waals surface area contributed by atoms with Gasteiger partial charge in [0.25, 0.3) is 0 Å². The number of thioether (sulfide) groups is 1. The average Bonchev–Trinajstić information content (AvgIpc) is 3.23. The lowest BCUT2D eigenvalue weighted by Gasteiger charge is -2.28. The second-order valence-corrected chi connectivity index (χ2v) is 16.9. The summed E-state index contributed by atoms with van der Waals surface area (Å²) in [5, 5.41) is 1.75. The van der Waals surface area contributed by atoms with Gasteiger partial charge < -0.3 is 28.4 Å². The Labute approximate surface area is 358 Å². The first kappa shape index (κ1) is 47.6. The molecule has 1 aliphatic rings. The highest BCUT2D eigenvalue weighted by Crippen LogP contribution is 2.46. The molecule has 0 bridgehead atoms. The standard InChI is InChI=1S/C50H68O8S/c1-9-18-37(11-3)26-28-53-31-39(57-49(51)35(5)6)33-55-47-43-22-16-17-23-44(43)48(46-30-42(24-25-45(46)47)59-41-20-14-13-15-21-41)56-34-40(58-50(52)36(7)8)32-54-29-27-38(12-4)19-10-2/h13-17,20-24,37-40H,5,7,9-12,18-19,25-34H2,1-4,6,8H3. The lowest BCUT2D eigenvalue weighted by Crippen LogP contribution is -2.31. The van der Waals surface area contributed by atoms with Crippen LogP contribution in [0.2, 0.25) is 0 Å². The van der Waals surface area contributed by atoms with Crippen molar-refractivity contribution >= 4 is 34.5 Å². The monoisotopic (exact) mass is 828 g/mol. The molecular formula is C50H68O8S. The zero-order valence-electron chi connectivity index (χ0n) is 36.5. The minimum atomic E-state index is -0.647. The fraction of sp³-hybridized carbons (Fsp3) is 0.520. The number of carbonyl (C=O) groups excluding carboxylic acids is 2. The molecule has 322 valence electrons. The quantitative estimate of drug-likeness (QED) is 0.0403. The maximum absolute atomic E-state index is 12.8.